The monoisotopic (exact) mass is 304 g/mol. The molecule has 0 saturated carbocycles. The number of nitrogens with two attached hydrogens (primary N) is 1. The Morgan fingerprint density at radius 3 is 2.59 bits per heavy atom. The lowest BCUT2D eigenvalue weighted by atomic mass is 10.2. The summed E-state index contributed by atoms with van der Waals surface area (Å²) in [5.41, 5.74) is 6.53. The molecule has 7 heteroatoms. The lowest BCUT2D eigenvalue weighted by molar-refractivity contribution is -0.132. The van der Waals surface area contributed by atoms with Crippen LogP contribution in [0.25, 0.3) is 0 Å². The van der Waals surface area contributed by atoms with Crippen LogP contribution in [0, 0.1) is 0 Å². The smallest absolute Gasteiger partial charge is 0.325 e. The molecule has 0 aliphatic carbocycles. The van der Waals surface area contributed by atoms with E-state index < -0.39 is 6.03 Å². The first-order chi connectivity index (χ1) is 10.6. The van der Waals surface area contributed by atoms with E-state index in [1.165, 1.54) is 4.90 Å². The lowest BCUT2D eigenvalue weighted by Crippen LogP contribution is -2.42. The van der Waals surface area contributed by atoms with Gasteiger partial charge < -0.3 is 15.5 Å². The third-order valence-electron chi connectivity index (χ3n) is 3.40. The molecule has 0 spiro atoms. The van der Waals surface area contributed by atoms with Crippen LogP contribution in [0.1, 0.15) is 12.0 Å². The van der Waals surface area contributed by atoms with Gasteiger partial charge in [-0.3, -0.25) is 14.9 Å². The minimum atomic E-state index is -0.517. The topological polar surface area (TPSA) is 95.7 Å². The summed E-state index contributed by atoms with van der Waals surface area (Å²) in [7, 11) is 0. The Hall–Kier alpha value is -2.41. The summed E-state index contributed by atoms with van der Waals surface area (Å²) in [4.78, 5) is 38.0. The van der Waals surface area contributed by atoms with E-state index in [2.05, 4.69) is 5.32 Å². The quantitative estimate of drug-likeness (QED) is 0.689. The molecule has 1 heterocycles. The molecular weight excluding hydrogens is 284 g/mol. The van der Waals surface area contributed by atoms with Gasteiger partial charge in [0.25, 0.3) is 0 Å². The van der Waals surface area contributed by atoms with E-state index in [0.717, 1.165) is 5.56 Å². The number of nitrogens with zero attached hydrogens (tertiary/aromatic N) is 2. The molecule has 1 fully saturated rings. The van der Waals surface area contributed by atoms with E-state index in [-0.39, 0.29) is 24.9 Å². The second kappa shape index (κ2) is 7.56. The first kappa shape index (κ1) is 16.0. The molecular formula is C15H20N4O3. The van der Waals surface area contributed by atoms with Gasteiger partial charge in [0.05, 0.1) is 0 Å². The molecule has 3 N–H and O–H groups in total. The van der Waals surface area contributed by atoms with Crippen LogP contribution in [0.5, 0.6) is 0 Å². The van der Waals surface area contributed by atoms with E-state index in [1.807, 2.05) is 30.3 Å². The normalized spacial score (nSPS) is 14.1. The van der Waals surface area contributed by atoms with Gasteiger partial charge in [-0.25, -0.2) is 4.79 Å². The Morgan fingerprint density at radius 1 is 1.27 bits per heavy atom. The van der Waals surface area contributed by atoms with Crippen molar-refractivity contribution in [2.75, 3.05) is 26.2 Å². The maximum absolute atomic E-state index is 12.4. The highest BCUT2D eigenvalue weighted by Gasteiger charge is 2.29. The van der Waals surface area contributed by atoms with E-state index in [9.17, 15) is 14.4 Å². The van der Waals surface area contributed by atoms with Gasteiger partial charge in [-0.15, -0.1) is 0 Å². The zero-order valence-electron chi connectivity index (χ0n) is 12.3. The van der Waals surface area contributed by atoms with Crippen LogP contribution in [0.3, 0.4) is 0 Å². The first-order valence-electron chi connectivity index (χ1n) is 7.20. The molecule has 2 rings (SSSR count). The van der Waals surface area contributed by atoms with E-state index >= 15 is 0 Å². The predicted molar refractivity (Wildman–Crippen MR) is 80.6 cm³/mol. The average Bonchev–Trinajstić information content (AvgIpc) is 2.82. The molecule has 118 valence electrons. The fourth-order valence-corrected chi connectivity index (χ4v) is 2.25. The van der Waals surface area contributed by atoms with E-state index in [0.29, 0.717) is 26.1 Å². The molecule has 0 aromatic heterocycles. The average molecular weight is 304 g/mol. The van der Waals surface area contributed by atoms with Crippen LogP contribution in [-0.4, -0.2) is 53.8 Å². The van der Waals surface area contributed by atoms with Crippen LogP contribution in [0.4, 0.5) is 4.79 Å². The number of carbonyl (C=O) groups excluding carboxylic acids is 3. The molecule has 1 aromatic carbocycles. The van der Waals surface area contributed by atoms with Gasteiger partial charge in [-0.2, -0.15) is 0 Å². The molecule has 22 heavy (non-hydrogen) atoms. The second-order valence-electron chi connectivity index (χ2n) is 5.15. The molecule has 1 aliphatic rings. The number of carbonyl (C=O) groups is 3. The van der Waals surface area contributed by atoms with Crippen molar-refractivity contribution in [1.82, 2.24) is 15.1 Å². The standard InChI is InChI=1S/C15H20N4O3/c16-7-4-8-18(9-12-5-2-1-3-6-12)14(21)11-19-10-13(20)17-15(19)22/h1-3,5-6H,4,7-11,16H2,(H,17,20,22). The number of imide groups is 1. The summed E-state index contributed by atoms with van der Waals surface area (Å²) in [6, 6.07) is 9.09. The maximum Gasteiger partial charge on any atom is 0.325 e. The van der Waals surface area contributed by atoms with Crippen molar-refractivity contribution in [3.05, 3.63) is 35.9 Å². The summed E-state index contributed by atoms with van der Waals surface area (Å²) >= 11 is 0. The highest BCUT2D eigenvalue weighted by Crippen LogP contribution is 2.07. The van der Waals surface area contributed by atoms with Crippen LogP contribution >= 0.6 is 0 Å². The number of amides is 4. The van der Waals surface area contributed by atoms with Gasteiger partial charge in [-0.05, 0) is 18.5 Å². The van der Waals surface area contributed by atoms with Crippen molar-refractivity contribution in [3.63, 3.8) is 0 Å². The summed E-state index contributed by atoms with van der Waals surface area (Å²) in [6.07, 6.45) is 0.684. The van der Waals surface area contributed by atoms with Crippen LogP contribution in [0.2, 0.25) is 0 Å². The van der Waals surface area contributed by atoms with Crippen LogP contribution in [0.15, 0.2) is 30.3 Å². The first-order valence-corrected chi connectivity index (χ1v) is 7.20. The predicted octanol–water partition coefficient (Wildman–Crippen LogP) is -0.0842. The van der Waals surface area contributed by atoms with Gasteiger partial charge in [0.2, 0.25) is 11.8 Å². The molecule has 0 unspecified atom stereocenters. The number of hydrogen-bond donors (Lipinski definition) is 2. The Bertz CT molecular complexity index is 547. The SMILES string of the molecule is NCCCN(Cc1ccccc1)C(=O)CN1CC(=O)NC1=O. The van der Waals surface area contributed by atoms with Crippen molar-refractivity contribution < 1.29 is 14.4 Å². The molecule has 1 aromatic rings. The van der Waals surface area contributed by atoms with E-state index in [1.54, 1.807) is 4.90 Å². The molecule has 0 atom stereocenters. The highest BCUT2D eigenvalue weighted by molar-refractivity contribution is 6.03. The highest BCUT2D eigenvalue weighted by atomic mass is 16.2. The van der Waals surface area contributed by atoms with Crippen molar-refractivity contribution in [3.8, 4) is 0 Å². The van der Waals surface area contributed by atoms with Gasteiger partial charge >= 0.3 is 6.03 Å². The lowest BCUT2D eigenvalue weighted by Gasteiger charge is -2.25. The Morgan fingerprint density at radius 2 is 2.00 bits per heavy atom. The number of hydrogen-bond acceptors (Lipinski definition) is 4. The fourth-order valence-electron chi connectivity index (χ4n) is 2.25. The molecule has 4 amide bonds. The Balaban J connectivity index is 1.99. The minimum Gasteiger partial charge on any atom is -0.337 e. The molecule has 0 radical (unpaired) electrons. The maximum atomic E-state index is 12.4. The fraction of sp³-hybridized carbons (Fsp3) is 0.400. The minimum absolute atomic E-state index is 0.0688. The number of rotatable bonds is 7. The van der Waals surface area contributed by atoms with Crippen LogP contribution in [-0.2, 0) is 16.1 Å². The second-order valence-corrected chi connectivity index (χ2v) is 5.15. The molecule has 1 aliphatic heterocycles. The summed E-state index contributed by atoms with van der Waals surface area (Å²) < 4.78 is 0. The molecule has 0 bridgehead atoms. The van der Waals surface area contributed by atoms with Crippen molar-refractivity contribution in [2.24, 2.45) is 5.73 Å². The zero-order valence-corrected chi connectivity index (χ0v) is 12.3. The summed E-state index contributed by atoms with van der Waals surface area (Å²) in [5.74, 6) is -0.573. The zero-order chi connectivity index (χ0) is 15.9. The van der Waals surface area contributed by atoms with Gasteiger partial charge in [0.15, 0.2) is 0 Å². The van der Waals surface area contributed by atoms with Crippen molar-refractivity contribution >= 4 is 17.8 Å². The Labute approximate surface area is 129 Å². The Kier molecular flexibility index (Phi) is 5.48. The van der Waals surface area contributed by atoms with Crippen LogP contribution < -0.4 is 11.1 Å². The molecule has 7 nitrogen and oxygen atoms in total. The third kappa shape index (κ3) is 4.29. The summed E-state index contributed by atoms with van der Waals surface area (Å²) in [6.45, 7) is 1.30. The number of urea groups is 1. The van der Waals surface area contributed by atoms with Crippen molar-refractivity contribution in [1.29, 1.82) is 0 Å². The number of benzene rings is 1. The van der Waals surface area contributed by atoms with Crippen molar-refractivity contribution in [2.45, 2.75) is 13.0 Å². The van der Waals surface area contributed by atoms with Gasteiger partial charge in [-0.1, -0.05) is 30.3 Å². The van der Waals surface area contributed by atoms with Gasteiger partial charge in [0, 0.05) is 13.1 Å². The summed E-state index contributed by atoms with van der Waals surface area (Å²) in [5, 5.41) is 2.16. The third-order valence-corrected chi connectivity index (χ3v) is 3.40. The largest absolute Gasteiger partial charge is 0.337 e. The van der Waals surface area contributed by atoms with Gasteiger partial charge in [0.1, 0.15) is 13.1 Å². The molecule has 1 saturated heterocycles. The number of nitrogens with one attached hydrogen (secondary N) is 1. The van der Waals surface area contributed by atoms with E-state index in [4.69, 9.17) is 5.73 Å².